The van der Waals surface area contributed by atoms with Gasteiger partial charge in [0.05, 0.1) is 17.1 Å². The maximum absolute atomic E-state index is 11.4. The fraction of sp³-hybridized carbons (Fsp3) is 0.167. The zero-order valence-corrected chi connectivity index (χ0v) is 10.9. The zero-order chi connectivity index (χ0) is 14.5. The molecule has 0 N–H and O–H groups in total. The smallest absolute Gasteiger partial charge is 0.315 e. The van der Waals surface area contributed by atoms with Gasteiger partial charge in [0.15, 0.2) is 0 Å². The molecule has 0 aromatic heterocycles. The molecule has 0 fully saturated rings. The highest BCUT2D eigenvalue weighted by Gasteiger charge is 2.13. The Bertz CT molecular complexity index is 639. The number of benzene rings is 1. The quantitative estimate of drug-likeness (QED) is 0.351. The molecule has 1 rings (SSSR count). The van der Waals surface area contributed by atoms with E-state index in [1.165, 1.54) is 24.3 Å². The molecule has 0 bridgehead atoms. The number of esters is 1. The van der Waals surface area contributed by atoms with Gasteiger partial charge in [0.1, 0.15) is 0 Å². The van der Waals surface area contributed by atoms with E-state index in [0.717, 1.165) is 6.08 Å². The van der Waals surface area contributed by atoms with Crippen LogP contribution in [0.3, 0.4) is 0 Å². The molecule has 0 radical (unpaired) electrons. The van der Waals surface area contributed by atoms with Crippen molar-refractivity contribution in [3.63, 3.8) is 0 Å². The minimum absolute atomic E-state index is 0.00979. The zero-order valence-electron chi connectivity index (χ0n) is 10.1. The lowest BCUT2D eigenvalue weighted by atomic mass is 10.1. The van der Waals surface area contributed by atoms with E-state index < -0.39 is 16.0 Å². The summed E-state index contributed by atoms with van der Waals surface area (Å²) in [5.74, 6) is -0.210. The van der Waals surface area contributed by atoms with Gasteiger partial charge in [0.2, 0.25) is 0 Å². The van der Waals surface area contributed by atoms with Crippen LogP contribution < -0.4 is 0 Å². The van der Waals surface area contributed by atoms with E-state index in [0.29, 0.717) is 5.56 Å². The van der Waals surface area contributed by atoms with E-state index in [-0.39, 0.29) is 17.1 Å². The summed E-state index contributed by atoms with van der Waals surface area (Å²) < 4.78 is 30.2. The molecule has 0 heterocycles. The van der Waals surface area contributed by atoms with Crippen LogP contribution in [-0.2, 0) is 30.8 Å². The van der Waals surface area contributed by atoms with Gasteiger partial charge in [-0.15, -0.1) is 0 Å². The van der Waals surface area contributed by atoms with E-state index in [1.807, 2.05) is 0 Å². The third kappa shape index (κ3) is 4.50. The van der Waals surface area contributed by atoms with Crippen molar-refractivity contribution in [2.45, 2.75) is 18.2 Å². The summed E-state index contributed by atoms with van der Waals surface area (Å²) in [6.45, 7) is 4.98. The summed E-state index contributed by atoms with van der Waals surface area (Å²) in [4.78, 5) is 21.2. The van der Waals surface area contributed by atoms with Crippen molar-refractivity contribution in [3.8, 4) is 0 Å². The van der Waals surface area contributed by atoms with Gasteiger partial charge >= 0.3 is 5.97 Å². The molecule has 0 saturated heterocycles. The predicted molar refractivity (Wildman–Crippen MR) is 66.4 cm³/mol. The van der Waals surface area contributed by atoms with Gasteiger partial charge in [0.25, 0.3) is 16.1 Å². The first-order valence-corrected chi connectivity index (χ1v) is 6.58. The van der Waals surface area contributed by atoms with Crippen LogP contribution in [0.25, 0.3) is 0 Å². The Morgan fingerprint density at radius 2 is 1.95 bits per heavy atom. The number of carbonyl (C=O) groups is 1. The molecule has 1 aromatic carbocycles. The van der Waals surface area contributed by atoms with Crippen molar-refractivity contribution >= 4 is 22.1 Å². The standard InChI is InChI=1S/C12H11NO5S/c1-9(2)18-12(15)7-10-3-5-11(6-4-10)19(16,17)13-8-14/h3-6H,1,7H2,2H3. The lowest BCUT2D eigenvalue weighted by Crippen LogP contribution is -2.06. The molecule has 0 aliphatic rings. The number of sulfonamides is 1. The summed E-state index contributed by atoms with van der Waals surface area (Å²) in [6, 6.07) is 5.37. The molecule has 100 valence electrons. The van der Waals surface area contributed by atoms with E-state index in [2.05, 4.69) is 11.0 Å². The molecule has 0 amide bonds. The average Bonchev–Trinajstić information content (AvgIpc) is 2.28. The Hall–Kier alpha value is -2.24. The van der Waals surface area contributed by atoms with Gasteiger partial charge in [-0.25, -0.2) is 4.79 Å². The predicted octanol–water partition coefficient (Wildman–Crippen LogP) is 1.33. The molecule has 0 saturated carbocycles. The third-order valence-corrected chi connectivity index (χ3v) is 3.20. The van der Waals surface area contributed by atoms with Gasteiger partial charge in [-0.3, -0.25) is 4.79 Å². The molecule has 19 heavy (non-hydrogen) atoms. The van der Waals surface area contributed by atoms with Crippen LogP contribution in [0.15, 0.2) is 45.9 Å². The van der Waals surface area contributed by atoms with Gasteiger partial charge in [-0.05, 0) is 24.6 Å². The van der Waals surface area contributed by atoms with Crippen LogP contribution in [0.1, 0.15) is 12.5 Å². The number of nitrogens with zero attached hydrogens (tertiary/aromatic N) is 1. The largest absolute Gasteiger partial charge is 0.432 e. The molecule has 1 aromatic rings. The maximum Gasteiger partial charge on any atom is 0.315 e. The average molecular weight is 281 g/mol. The number of isocyanates is 1. The number of allylic oxidation sites excluding steroid dienone is 1. The van der Waals surface area contributed by atoms with Crippen molar-refractivity contribution in [3.05, 3.63) is 42.2 Å². The van der Waals surface area contributed by atoms with Crippen LogP contribution in [0, 0.1) is 0 Å². The summed E-state index contributed by atoms with van der Waals surface area (Å²) in [7, 11) is -4.00. The van der Waals surface area contributed by atoms with Gasteiger partial charge < -0.3 is 4.74 Å². The van der Waals surface area contributed by atoms with Crippen LogP contribution in [0.5, 0.6) is 0 Å². The van der Waals surface area contributed by atoms with Crippen molar-refractivity contribution in [2.24, 2.45) is 4.40 Å². The third-order valence-electron chi connectivity index (χ3n) is 2.02. The van der Waals surface area contributed by atoms with Crippen LogP contribution in [-0.4, -0.2) is 20.5 Å². The first-order chi connectivity index (χ1) is 8.85. The molecule has 0 aliphatic heterocycles. The Labute approximate surface area is 110 Å². The number of carbonyl (C=O) groups excluding carboxylic acids is 2. The molecule has 0 aliphatic carbocycles. The normalized spacial score (nSPS) is 10.4. The van der Waals surface area contributed by atoms with E-state index in [9.17, 15) is 18.0 Å². The number of ether oxygens (including phenoxy) is 1. The molecule has 7 heteroatoms. The molecule has 6 nitrogen and oxygen atoms in total. The lowest BCUT2D eigenvalue weighted by Gasteiger charge is -2.03. The Kier molecular flexibility index (Phi) is 4.74. The number of rotatable bonds is 5. The Morgan fingerprint density at radius 3 is 2.42 bits per heavy atom. The van der Waals surface area contributed by atoms with Crippen LogP contribution >= 0.6 is 0 Å². The second-order valence-electron chi connectivity index (χ2n) is 3.65. The fourth-order valence-electron chi connectivity index (χ4n) is 1.28. The number of hydrogen-bond donors (Lipinski definition) is 0. The molecule has 0 spiro atoms. The lowest BCUT2D eigenvalue weighted by molar-refractivity contribution is -0.138. The first kappa shape index (κ1) is 14.8. The topological polar surface area (TPSA) is 89.9 Å². The fourth-order valence-corrected chi connectivity index (χ4v) is 1.96. The van der Waals surface area contributed by atoms with E-state index in [4.69, 9.17) is 4.74 Å². The van der Waals surface area contributed by atoms with Crippen molar-refractivity contribution in [1.29, 1.82) is 0 Å². The van der Waals surface area contributed by atoms with Crippen molar-refractivity contribution < 1.29 is 22.7 Å². The highest BCUT2D eigenvalue weighted by Crippen LogP contribution is 2.13. The summed E-state index contributed by atoms with van der Waals surface area (Å²) >= 11 is 0. The van der Waals surface area contributed by atoms with E-state index in [1.54, 1.807) is 6.92 Å². The summed E-state index contributed by atoms with van der Waals surface area (Å²) in [5.41, 5.74) is 0.570. The first-order valence-electron chi connectivity index (χ1n) is 5.14. The van der Waals surface area contributed by atoms with Crippen LogP contribution in [0.4, 0.5) is 0 Å². The Balaban J connectivity index is 2.86. The molecular weight excluding hydrogens is 270 g/mol. The minimum Gasteiger partial charge on any atom is -0.432 e. The van der Waals surface area contributed by atoms with Gasteiger partial charge in [-0.1, -0.05) is 23.1 Å². The Morgan fingerprint density at radius 1 is 1.37 bits per heavy atom. The molecule has 0 atom stereocenters. The van der Waals surface area contributed by atoms with Gasteiger partial charge in [0, 0.05) is 0 Å². The highest BCUT2D eigenvalue weighted by molar-refractivity contribution is 7.90. The van der Waals surface area contributed by atoms with Gasteiger partial charge in [-0.2, -0.15) is 8.42 Å². The maximum atomic E-state index is 11.4. The van der Waals surface area contributed by atoms with E-state index >= 15 is 0 Å². The second kappa shape index (κ2) is 6.08. The minimum atomic E-state index is -4.00. The monoisotopic (exact) mass is 281 g/mol. The van der Waals surface area contributed by atoms with Crippen molar-refractivity contribution in [2.75, 3.05) is 0 Å². The number of hydrogen-bond acceptors (Lipinski definition) is 5. The highest BCUT2D eigenvalue weighted by atomic mass is 32.2. The second-order valence-corrected chi connectivity index (χ2v) is 5.26. The summed E-state index contributed by atoms with van der Waals surface area (Å²) in [6.07, 6.45) is 0.968. The van der Waals surface area contributed by atoms with Crippen LogP contribution in [0.2, 0.25) is 0 Å². The SMILES string of the molecule is C=C(C)OC(=O)Cc1ccc(S(=O)(=O)N=C=O)cc1. The molecular formula is C12H11NO5S. The van der Waals surface area contributed by atoms with Crippen molar-refractivity contribution in [1.82, 2.24) is 0 Å². The molecule has 0 unspecified atom stereocenters. The summed E-state index contributed by atoms with van der Waals surface area (Å²) in [5, 5.41) is 0.